The fourth-order valence-electron chi connectivity index (χ4n) is 1.85. The molecule has 0 N–H and O–H groups in total. The van der Waals surface area contributed by atoms with Gasteiger partial charge in [0, 0.05) is 5.56 Å². The molecule has 0 spiro atoms. The van der Waals surface area contributed by atoms with Crippen LogP contribution in [0, 0.1) is 18.3 Å². The van der Waals surface area contributed by atoms with Crippen LogP contribution in [0.15, 0.2) is 53.4 Å². The first kappa shape index (κ1) is 15.1. The molecule has 0 fully saturated rings. The second-order valence-corrected chi connectivity index (χ2v) is 6.29. The lowest BCUT2D eigenvalue weighted by molar-refractivity contribution is 0.482. The van der Waals surface area contributed by atoms with Crippen LogP contribution in [0.5, 0.6) is 5.75 Å². The molecule has 21 heavy (non-hydrogen) atoms. The van der Waals surface area contributed by atoms with Crippen LogP contribution in [0.3, 0.4) is 0 Å². The van der Waals surface area contributed by atoms with Gasteiger partial charge in [-0.25, -0.2) is 0 Å². The molecule has 0 amide bonds. The molecule has 0 saturated heterocycles. The lowest BCUT2D eigenvalue weighted by Crippen LogP contribution is -2.11. The van der Waals surface area contributed by atoms with Gasteiger partial charge < -0.3 is 4.18 Å². The Balaban J connectivity index is 2.38. The molecule has 1 unspecified atom stereocenters. The molecule has 0 aliphatic carbocycles. The van der Waals surface area contributed by atoms with E-state index in [2.05, 4.69) is 6.07 Å². The third-order valence-corrected chi connectivity index (χ3v) is 4.34. The summed E-state index contributed by atoms with van der Waals surface area (Å²) in [7, 11) is -3.90. The highest BCUT2D eigenvalue weighted by Gasteiger charge is 2.20. The average Bonchev–Trinajstić information content (AvgIpc) is 2.47. The normalized spacial score (nSPS) is 12.4. The van der Waals surface area contributed by atoms with Crippen LogP contribution in [0.1, 0.15) is 24.0 Å². The molecule has 1 atom stereocenters. The molecule has 2 aromatic rings. The lowest BCUT2D eigenvalue weighted by Gasteiger charge is -2.12. The first-order chi connectivity index (χ1) is 9.94. The zero-order chi connectivity index (χ0) is 15.5. The number of aryl methyl sites for hydroxylation is 1. The van der Waals surface area contributed by atoms with Gasteiger partial charge in [-0.15, -0.1) is 0 Å². The number of hydrogen-bond acceptors (Lipinski definition) is 4. The highest BCUT2D eigenvalue weighted by Crippen LogP contribution is 2.28. The topological polar surface area (TPSA) is 67.2 Å². The molecule has 0 saturated carbocycles. The second-order valence-electron chi connectivity index (χ2n) is 4.74. The van der Waals surface area contributed by atoms with Gasteiger partial charge in [0.15, 0.2) is 0 Å². The van der Waals surface area contributed by atoms with Gasteiger partial charge in [0.25, 0.3) is 0 Å². The van der Waals surface area contributed by atoms with Gasteiger partial charge in [0.05, 0.1) is 12.0 Å². The van der Waals surface area contributed by atoms with Crippen LogP contribution in [0.4, 0.5) is 0 Å². The maximum Gasteiger partial charge on any atom is 0.339 e. The quantitative estimate of drug-likeness (QED) is 0.812. The zero-order valence-electron chi connectivity index (χ0n) is 11.8. The fourth-order valence-corrected chi connectivity index (χ4v) is 2.81. The third kappa shape index (κ3) is 3.41. The van der Waals surface area contributed by atoms with E-state index in [-0.39, 0.29) is 10.6 Å². The Morgan fingerprint density at radius 1 is 1.10 bits per heavy atom. The van der Waals surface area contributed by atoms with Crippen molar-refractivity contribution in [2.75, 3.05) is 0 Å². The molecule has 2 aromatic carbocycles. The minimum atomic E-state index is -3.90. The Labute approximate surface area is 124 Å². The fraction of sp³-hybridized carbons (Fsp3) is 0.188. The number of nitriles is 1. The Kier molecular flexibility index (Phi) is 4.29. The van der Waals surface area contributed by atoms with Crippen LogP contribution in [-0.4, -0.2) is 8.42 Å². The van der Waals surface area contributed by atoms with Crippen molar-refractivity contribution in [2.45, 2.75) is 24.7 Å². The summed E-state index contributed by atoms with van der Waals surface area (Å²) < 4.78 is 29.7. The Bertz CT molecular complexity index is 774. The minimum absolute atomic E-state index is 0.0903. The average molecular weight is 301 g/mol. The van der Waals surface area contributed by atoms with Crippen molar-refractivity contribution in [1.29, 1.82) is 5.26 Å². The van der Waals surface area contributed by atoms with Gasteiger partial charge in [0.1, 0.15) is 10.6 Å². The predicted molar refractivity (Wildman–Crippen MR) is 79.5 cm³/mol. The van der Waals surface area contributed by atoms with E-state index in [1.165, 1.54) is 12.1 Å². The van der Waals surface area contributed by atoms with E-state index in [9.17, 15) is 8.42 Å². The van der Waals surface area contributed by atoms with Gasteiger partial charge in [0.2, 0.25) is 0 Å². The molecule has 108 valence electrons. The monoisotopic (exact) mass is 301 g/mol. The van der Waals surface area contributed by atoms with E-state index in [0.29, 0.717) is 5.56 Å². The molecular weight excluding hydrogens is 286 g/mol. The SMILES string of the molecule is Cc1ccc(S(=O)(=O)Oc2ccccc2C(C)C#N)cc1. The molecule has 0 aliphatic heterocycles. The first-order valence-electron chi connectivity index (χ1n) is 6.44. The molecule has 0 aliphatic rings. The van der Waals surface area contributed by atoms with E-state index < -0.39 is 16.0 Å². The number of rotatable bonds is 4. The van der Waals surface area contributed by atoms with Crippen molar-refractivity contribution in [3.63, 3.8) is 0 Å². The Morgan fingerprint density at radius 2 is 1.71 bits per heavy atom. The van der Waals surface area contributed by atoms with Crippen molar-refractivity contribution < 1.29 is 12.6 Å². The number of para-hydroxylation sites is 1. The van der Waals surface area contributed by atoms with Crippen molar-refractivity contribution in [3.8, 4) is 11.8 Å². The lowest BCUT2D eigenvalue weighted by atomic mass is 10.0. The van der Waals surface area contributed by atoms with Gasteiger partial charge in [-0.1, -0.05) is 35.9 Å². The highest BCUT2D eigenvalue weighted by atomic mass is 32.2. The number of hydrogen-bond donors (Lipinski definition) is 0. The second kappa shape index (κ2) is 5.98. The van der Waals surface area contributed by atoms with Gasteiger partial charge in [-0.2, -0.15) is 13.7 Å². The summed E-state index contributed by atoms with van der Waals surface area (Å²) in [6, 6.07) is 15.2. The summed E-state index contributed by atoms with van der Waals surface area (Å²) in [6.07, 6.45) is 0. The van der Waals surface area contributed by atoms with E-state index >= 15 is 0 Å². The molecule has 4 nitrogen and oxygen atoms in total. The van der Waals surface area contributed by atoms with E-state index in [1.54, 1.807) is 43.3 Å². The smallest absolute Gasteiger partial charge is 0.339 e. The van der Waals surface area contributed by atoms with Crippen LogP contribution >= 0.6 is 0 Å². The maximum atomic E-state index is 12.3. The zero-order valence-corrected chi connectivity index (χ0v) is 12.6. The maximum absolute atomic E-state index is 12.3. The standard InChI is InChI=1S/C16H15NO3S/c1-12-7-9-14(10-8-12)21(18,19)20-16-6-4-3-5-15(16)13(2)11-17/h3-10,13H,1-2H3. The Hall–Kier alpha value is -2.32. The molecular formula is C16H15NO3S. The van der Waals surface area contributed by atoms with Crippen molar-refractivity contribution >= 4 is 10.1 Å². The summed E-state index contributed by atoms with van der Waals surface area (Å²) >= 11 is 0. The summed E-state index contributed by atoms with van der Waals surface area (Å²) in [4.78, 5) is 0.0903. The van der Waals surface area contributed by atoms with Crippen LogP contribution < -0.4 is 4.18 Å². The van der Waals surface area contributed by atoms with Crippen LogP contribution in [0.2, 0.25) is 0 Å². The summed E-state index contributed by atoms with van der Waals surface area (Å²) in [6.45, 7) is 3.57. The van der Waals surface area contributed by atoms with Gasteiger partial charge in [-0.3, -0.25) is 0 Å². The van der Waals surface area contributed by atoms with E-state index in [4.69, 9.17) is 9.44 Å². The van der Waals surface area contributed by atoms with E-state index in [0.717, 1.165) is 5.56 Å². The van der Waals surface area contributed by atoms with Crippen molar-refractivity contribution in [2.24, 2.45) is 0 Å². The molecule has 5 heteroatoms. The first-order valence-corrected chi connectivity index (χ1v) is 7.84. The van der Waals surface area contributed by atoms with Crippen LogP contribution in [-0.2, 0) is 10.1 Å². The highest BCUT2D eigenvalue weighted by molar-refractivity contribution is 7.87. The number of benzene rings is 2. The van der Waals surface area contributed by atoms with Crippen molar-refractivity contribution in [3.05, 3.63) is 59.7 Å². The summed E-state index contributed by atoms with van der Waals surface area (Å²) in [5, 5.41) is 9.00. The largest absolute Gasteiger partial charge is 0.379 e. The Morgan fingerprint density at radius 3 is 2.33 bits per heavy atom. The molecule has 2 rings (SSSR count). The molecule has 0 bridgehead atoms. The van der Waals surface area contributed by atoms with Gasteiger partial charge in [-0.05, 0) is 32.0 Å². The molecule has 0 radical (unpaired) electrons. The van der Waals surface area contributed by atoms with Crippen LogP contribution in [0.25, 0.3) is 0 Å². The third-order valence-electron chi connectivity index (χ3n) is 3.09. The molecule has 0 aromatic heterocycles. The summed E-state index contributed by atoms with van der Waals surface area (Å²) in [5.41, 5.74) is 1.52. The van der Waals surface area contributed by atoms with Crippen molar-refractivity contribution in [1.82, 2.24) is 0 Å². The predicted octanol–water partition coefficient (Wildman–Crippen LogP) is 3.39. The number of nitrogens with zero attached hydrogens (tertiary/aromatic N) is 1. The summed E-state index contributed by atoms with van der Waals surface area (Å²) in [5.74, 6) is -0.262. The van der Waals surface area contributed by atoms with Gasteiger partial charge >= 0.3 is 10.1 Å². The molecule has 0 heterocycles. The minimum Gasteiger partial charge on any atom is -0.379 e. The van der Waals surface area contributed by atoms with E-state index in [1.807, 2.05) is 6.92 Å².